The molecule has 0 spiro atoms. The molecule has 0 saturated heterocycles. The third kappa shape index (κ3) is 2.42. The molecule has 0 saturated carbocycles. The Hall–Kier alpha value is -2.22. The Morgan fingerprint density at radius 1 is 0.600 bits per heavy atom. The molecule has 0 heterocycles. The average Bonchev–Trinajstić information content (AvgIpc) is 2.37. The molecular weight excluding hydrogens is 248 g/mol. The van der Waals surface area contributed by atoms with Crippen molar-refractivity contribution in [1.29, 1.82) is 0 Å². The van der Waals surface area contributed by atoms with Crippen LogP contribution in [0.2, 0.25) is 0 Å². The maximum atomic E-state index is 12.5. The fourth-order valence-corrected chi connectivity index (χ4v) is 2.57. The summed E-state index contributed by atoms with van der Waals surface area (Å²) in [5.41, 5.74) is 4.42. The van der Waals surface area contributed by atoms with E-state index in [9.17, 15) is 9.59 Å². The van der Waals surface area contributed by atoms with Crippen molar-refractivity contribution in [3.63, 3.8) is 0 Å². The predicted octanol–water partition coefficient (Wildman–Crippen LogP) is 3.99. The molecule has 0 aliphatic heterocycles. The lowest BCUT2D eigenvalue weighted by molar-refractivity contribution is 0.0815. The Balaban J connectivity index is 2.52. The van der Waals surface area contributed by atoms with Gasteiger partial charge in [0, 0.05) is 11.1 Å². The Bertz CT molecular complexity index is 595. The van der Waals surface area contributed by atoms with Crippen molar-refractivity contribution in [2.75, 3.05) is 0 Å². The number of hydrogen-bond acceptors (Lipinski definition) is 2. The molecule has 2 aromatic rings. The fourth-order valence-electron chi connectivity index (χ4n) is 2.57. The molecule has 0 amide bonds. The van der Waals surface area contributed by atoms with Crippen LogP contribution in [0, 0.1) is 27.7 Å². The van der Waals surface area contributed by atoms with Crippen LogP contribution in [-0.4, -0.2) is 11.6 Å². The van der Waals surface area contributed by atoms with Crippen LogP contribution in [0.5, 0.6) is 0 Å². The van der Waals surface area contributed by atoms with E-state index in [1.165, 1.54) is 0 Å². The van der Waals surface area contributed by atoms with Gasteiger partial charge in [-0.05, 0) is 49.9 Å². The molecule has 0 unspecified atom stereocenters. The predicted molar refractivity (Wildman–Crippen MR) is 80.5 cm³/mol. The number of ketones is 2. The molecule has 0 bridgehead atoms. The molecule has 0 aromatic heterocycles. The number of Topliss-reactive ketones (excluding diaryl/α,β-unsaturated/α-hetero) is 2. The highest BCUT2D eigenvalue weighted by Crippen LogP contribution is 2.20. The zero-order chi connectivity index (χ0) is 14.9. The smallest absolute Gasteiger partial charge is 0.234 e. The van der Waals surface area contributed by atoms with Crippen LogP contribution in [-0.2, 0) is 0 Å². The van der Waals surface area contributed by atoms with Crippen molar-refractivity contribution < 1.29 is 9.59 Å². The molecule has 2 aromatic carbocycles. The number of benzene rings is 2. The van der Waals surface area contributed by atoms with Crippen molar-refractivity contribution in [3.8, 4) is 0 Å². The molecule has 20 heavy (non-hydrogen) atoms. The zero-order valence-electron chi connectivity index (χ0n) is 12.3. The minimum atomic E-state index is -0.419. The van der Waals surface area contributed by atoms with Gasteiger partial charge in [0.15, 0.2) is 0 Å². The van der Waals surface area contributed by atoms with Crippen LogP contribution < -0.4 is 0 Å². The average molecular weight is 266 g/mol. The van der Waals surface area contributed by atoms with E-state index in [-0.39, 0.29) is 0 Å². The van der Waals surface area contributed by atoms with Crippen molar-refractivity contribution >= 4 is 11.6 Å². The minimum Gasteiger partial charge on any atom is -0.285 e. The van der Waals surface area contributed by atoms with Gasteiger partial charge >= 0.3 is 0 Å². The summed E-state index contributed by atoms with van der Waals surface area (Å²) in [5, 5.41) is 0. The summed E-state index contributed by atoms with van der Waals surface area (Å²) in [6.45, 7) is 7.44. The van der Waals surface area contributed by atoms with Gasteiger partial charge in [0.2, 0.25) is 11.6 Å². The minimum absolute atomic E-state index is 0.419. The lowest BCUT2D eigenvalue weighted by Gasteiger charge is -2.11. The largest absolute Gasteiger partial charge is 0.285 e. The van der Waals surface area contributed by atoms with E-state index in [0.717, 1.165) is 22.3 Å². The first-order valence-corrected chi connectivity index (χ1v) is 6.65. The monoisotopic (exact) mass is 266 g/mol. The van der Waals surface area contributed by atoms with Gasteiger partial charge < -0.3 is 0 Å². The summed E-state index contributed by atoms with van der Waals surface area (Å²) >= 11 is 0. The number of hydrogen-bond donors (Lipinski definition) is 0. The van der Waals surface area contributed by atoms with E-state index in [1.54, 1.807) is 0 Å². The molecule has 0 N–H and O–H groups in total. The Morgan fingerprint density at radius 3 is 1.10 bits per heavy atom. The summed E-state index contributed by atoms with van der Waals surface area (Å²) in [6.07, 6.45) is 0. The fraction of sp³-hybridized carbons (Fsp3) is 0.222. The van der Waals surface area contributed by atoms with Crippen LogP contribution in [0.15, 0.2) is 36.4 Å². The van der Waals surface area contributed by atoms with Gasteiger partial charge in [0.25, 0.3) is 0 Å². The van der Waals surface area contributed by atoms with E-state index in [4.69, 9.17) is 0 Å². The van der Waals surface area contributed by atoms with Crippen LogP contribution in [0.3, 0.4) is 0 Å². The van der Waals surface area contributed by atoms with Gasteiger partial charge in [-0.2, -0.15) is 0 Å². The molecule has 102 valence electrons. The topological polar surface area (TPSA) is 34.1 Å². The van der Waals surface area contributed by atoms with E-state index in [1.807, 2.05) is 64.1 Å². The van der Waals surface area contributed by atoms with Crippen molar-refractivity contribution in [1.82, 2.24) is 0 Å². The zero-order valence-corrected chi connectivity index (χ0v) is 12.3. The second-order valence-electron chi connectivity index (χ2n) is 5.19. The summed E-state index contributed by atoms with van der Waals surface area (Å²) < 4.78 is 0. The standard InChI is InChI=1S/C18H18O2/c1-11-7-5-8-12(2)15(11)17(19)18(20)16-13(3)9-6-10-14(16)4/h5-10H,1-4H3. The first kappa shape index (κ1) is 14.2. The van der Waals surface area contributed by atoms with Gasteiger partial charge in [-0.15, -0.1) is 0 Å². The van der Waals surface area contributed by atoms with Crippen molar-refractivity contribution in [3.05, 3.63) is 69.8 Å². The molecule has 0 aliphatic rings. The maximum absolute atomic E-state index is 12.5. The van der Waals surface area contributed by atoms with Gasteiger partial charge in [-0.3, -0.25) is 9.59 Å². The third-order valence-corrected chi connectivity index (χ3v) is 3.62. The molecule has 0 atom stereocenters. The van der Waals surface area contributed by atoms with Gasteiger partial charge in [0.1, 0.15) is 0 Å². The summed E-state index contributed by atoms with van der Waals surface area (Å²) in [6, 6.07) is 11.2. The van der Waals surface area contributed by atoms with Crippen LogP contribution in [0.1, 0.15) is 43.0 Å². The molecular formula is C18H18O2. The number of aryl methyl sites for hydroxylation is 4. The van der Waals surface area contributed by atoms with Gasteiger partial charge in [0.05, 0.1) is 0 Å². The van der Waals surface area contributed by atoms with Crippen molar-refractivity contribution in [2.24, 2.45) is 0 Å². The quantitative estimate of drug-likeness (QED) is 0.622. The Kier molecular flexibility index (Phi) is 3.84. The first-order valence-electron chi connectivity index (χ1n) is 6.65. The van der Waals surface area contributed by atoms with Crippen molar-refractivity contribution in [2.45, 2.75) is 27.7 Å². The third-order valence-electron chi connectivity index (χ3n) is 3.62. The molecule has 2 rings (SSSR count). The van der Waals surface area contributed by atoms with Gasteiger partial charge in [-0.1, -0.05) is 36.4 Å². The van der Waals surface area contributed by atoms with Gasteiger partial charge in [-0.25, -0.2) is 0 Å². The van der Waals surface area contributed by atoms with E-state index < -0.39 is 11.6 Å². The maximum Gasteiger partial charge on any atom is 0.234 e. The molecule has 0 radical (unpaired) electrons. The van der Waals surface area contributed by atoms with Crippen LogP contribution in [0.25, 0.3) is 0 Å². The van der Waals surface area contributed by atoms with E-state index in [2.05, 4.69) is 0 Å². The Morgan fingerprint density at radius 2 is 0.850 bits per heavy atom. The molecule has 2 heteroatoms. The Labute approximate surface area is 119 Å². The highest BCUT2D eigenvalue weighted by molar-refractivity contribution is 6.50. The SMILES string of the molecule is Cc1cccc(C)c1C(=O)C(=O)c1c(C)cccc1C. The van der Waals surface area contributed by atoms with E-state index >= 15 is 0 Å². The summed E-state index contributed by atoms with van der Waals surface area (Å²) in [5.74, 6) is -0.837. The van der Waals surface area contributed by atoms with Crippen LogP contribution in [0.4, 0.5) is 0 Å². The number of rotatable bonds is 3. The number of carbonyl (C=O) groups excluding carboxylic acids is 2. The van der Waals surface area contributed by atoms with Crippen LogP contribution >= 0.6 is 0 Å². The second kappa shape index (κ2) is 5.41. The highest BCUT2D eigenvalue weighted by Gasteiger charge is 2.24. The number of carbonyl (C=O) groups is 2. The summed E-state index contributed by atoms with van der Waals surface area (Å²) in [7, 11) is 0. The highest BCUT2D eigenvalue weighted by atomic mass is 16.2. The van der Waals surface area contributed by atoms with E-state index in [0.29, 0.717) is 11.1 Å². The lowest BCUT2D eigenvalue weighted by atomic mass is 9.91. The normalized spacial score (nSPS) is 10.4. The summed E-state index contributed by atoms with van der Waals surface area (Å²) in [4.78, 5) is 25.1. The first-order chi connectivity index (χ1) is 9.43. The molecule has 0 fully saturated rings. The second-order valence-corrected chi connectivity index (χ2v) is 5.19. The molecule has 0 aliphatic carbocycles. The lowest BCUT2D eigenvalue weighted by Crippen LogP contribution is -2.19. The molecule has 2 nitrogen and oxygen atoms in total.